The van der Waals surface area contributed by atoms with Crippen molar-refractivity contribution in [2.24, 2.45) is 0 Å². The number of thioether (sulfide) groups is 1. The average molecular weight is 280 g/mol. The van der Waals surface area contributed by atoms with Gasteiger partial charge in [0.25, 0.3) is 0 Å². The van der Waals surface area contributed by atoms with Gasteiger partial charge in [0.15, 0.2) is 0 Å². The molecule has 3 heteroatoms. The molecule has 1 aromatic rings. The van der Waals surface area contributed by atoms with Crippen LogP contribution in [-0.2, 0) is 4.43 Å². The Morgan fingerprint density at radius 1 is 1.55 bits per heavy atom. The second kappa shape index (κ2) is 4.21. The Morgan fingerprint density at radius 3 is 2.73 bits per heavy atom. The number of alkyl halides is 1. The Balaban J connectivity index is 2.99. The van der Waals surface area contributed by atoms with Gasteiger partial charge in [-0.1, -0.05) is 28.7 Å². The Morgan fingerprint density at radius 2 is 2.27 bits per heavy atom. The van der Waals surface area contributed by atoms with E-state index in [2.05, 4.69) is 22.6 Å². The molecule has 1 nitrogen and oxygen atoms in total. The van der Waals surface area contributed by atoms with E-state index in [4.69, 9.17) is 0 Å². The van der Waals surface area contributed by atoms with Gasteiger partial charge in [-0.2, -0.15) is 0 Å². The Bertz CT molecular complexity index is 250. The van der Waals surface area contributed by atoms with E-state index in [1.807, 2.05) is 18.4 Å². The summed E-state index contributed by atoms with van der Waals surface area (Å²) in [7, 11) is 0. The highest BCUT2D eigenvalue weighted by molar-refractivity contribution is 14.1. The zero-order valence-corrected chi connectivity index (χ0v) is 9.15. The van der Waals surface area contributed by atoms with E-state index in [1.54, 1.807) is 17.8 Å². The van der Waals surface area contributed by atoms with Crippen molar-refractivity contribution in [3.63, 3.8) is 0 Å². The van der Waals surface area contributed by atoms with Crippen LogP contribution in [-0.4, -0.2) is 11.4 Å². The minimum atomic E-state index is 0.409. The summed E-state index contributed by atoms with van der Waals surface area (Å²) in [4.78, 5) is 1.11. The fraction of sp³-hybridized carbons (Fsp3) is 0.250. The van der Waals surface area contributed by atoms with Gasteiger partial charge in [-0.05, 0) is 18.4 Å². The van der Waals surface area contributed by atoms with E-state index in [1.165, 1.54) is 0 Å². The summed E-state index contributed by atoms with van der Waals surface area (Å²) in [6.45, 7) is 0. The molecule has 0 heterocycles. The first-order valence-corrected chi connectivity index (χ1v) is 5.95. The van der Waals surface area contributed by atoms with E-state index in [0.29, 0.717) is 5.75 Å². The van der Waals surface area contributed by atoms with Crippen molar-refractivity contribution in [3.8, 4) is 5.75 Å². The molecule has 0 unspecified atom stereocenters. The third-order valence-electron chi connectivity index (χ3n) is 1.44. The largest absolute Gasteiger partial charge is 0.508 e. The molecule has 0 aliphatic heterocycles. The number of hydrogen-bond acceptors (Lipinski definition) is 2. The number of benzene rings is 1. The van der Waals surface area contributed by atoms with Crippen LogP contribution in [0.4, 0.5) is 0 Å². The molecule has 0 atom stereocenters. The van der Waals surface area contributed by atoms with Gasteiger partial charge in [0.2, 0.25) is 0 Å². The van der Waals surface area contributed by atoms with Crippen LogP contribution < -0.4 is 0 Å². The first-order valence-electron chi connectivity index (χ1n) is 3.19. The van der Waals surface area contributed by atoms with Crippen molar-refractivity contribution in [3.05, 3.63) is 23.8 Å². The highest BCUT2D eigenvalue weighted by Gasteiger charge is 1.99. The lowest BCUT2D eigenvalue weighted by Gasteiger charge is -2.01. The zero-order valence-electron chi connectivity index (χ0n) is 6.17. The normalized spacial score (nSPS) is 10.0. The summed E-state index contributed by atoms with van der Waals surface area (Å²) in [5.41, 5.74) is 1.00. The number of hydrogen-bond donors (Lipinski definition) is 1. The maximum Gasteiger partial charge on any atom is 0.120 e. The molecule has 0 spiro atoms. The minimum absolute atomic E-state index is 0.409. The van der Waals surface area contributed by atoms with Crippen LogP contribution in [0.1, 0.15) is 5.56 Å². The fourth-order valence-corrected chi connectivity index (χ4v) is 1.86. The second-order valence-electron chi connectivity index (χ2n) is 2.13. The number of rotatable bonds is 2. The molecular formula is C8H9IOS. The van der Waals surface area contributed by atoms with Crippen molar-refractivity contribution in [2.45, 2.75) is 9.32 Å². The Labute approximate surface area is 84.3 Å². The SMILES string of the molecule is CSc1ccc(CI)c(O)c1. The summed E-state index contributed by atoms with van der Waals surface area (Å²) < 4.78 is 0.859. The summed E-state index contributed by atoms with van der Waals surface area (Å²) in [6.07, 6.45) is 2.00. The van der Waals surface area contributed by atoms with E-state index >= 15 is 0 Å². The highest BCUT2D eigenvalue weighted by atomic mass is 127. The molecule has 0 bridgehead atoms. The second-order valence-corrected chi connectivity index (χ2v) is 3.77. The predicted molar refractivity (Wildman–Crippen MR) is 57.6 cm³/mol. The minimum Gasteiger partial charge on any atom is -0.508 e. The molecule has 0 radical (unpaired) electrons. The average Bonchev–Trinajstić information content (AvgIpc) is 2.04. The topological polar surface area (TPSA) is 20.2 Å². The van der Waals surface area contributed by atoms with E-state index < -0.39 is 0 Å². The lowest BCUT2D eigenvalue weighted by atomic mass is 10.2. The van der Waals surface area contributed by atoms with E-state index in [-0.39, 0.29) is 0 Å². The lowest BCUT2D eigenvalue weighted by Crippen LogP contribution is -1.78. The summed E-state index contributed by atoms with van der Waals surface area (Å²) >= 11 is 3.88. The van der Waals surface area contributed by atoms with Crippen LogP contribution in [0.25, 0.3) is 0 Å². The Kier molecular flexibility index (Phi) is 3.51. The van der Waals surface area contributed by atoms with Gasteiger partial charge in [0, 0.05) is 14.9 Å². The number of phenols is 1. The molecule has 0 aliphatic rings. The first kappa shape index (κ1) is 9.19. The van der Waals surface area contributed by atoms with Crippen LogP contribution in [0.5, 0.6) is 5.75 Å². The molecular weight excluding hydrogens is 271 g/mol. The van der Waals surface area contributed by atoms with Crippen LogP contribution in [0.15, 0.2) is 23.1 Å². The van der Waals surface area contributed by atoms with Crippen molar-refractivity contribution >= 4 is 34.4 Å². The maximum absolute atomic E-state index is 9.40. The molecule has 60 valence electrons. The molecule has 0 aromatic heterocycles. The van der Waals surface area contributed by atoms with Crippen LogP contribution >= 0.6 is 34.4 Å². The van der Waals surface area contributed by atoms with Crippen molar-refractivity contribution in [1.29, 1.82) is 0 Å². The first-order chi connectivity index (χ1) is 5.27. The van der Waals surface area contributed by atoms with Gasteiger partial charge in [-0.15, -0.1) is 11.8 Å². The molecule has 0 aliphatic carbocycles. The van der Waals surface area contributed by atoms with Crippen molar-refractivity contribution in [2.75, 3.05) is 6.26 Å². The molecule has 1 rings (SSSR count). The number of halogens is 1. The van der Waals surface area contributed by atoms with Crippen LogP contribution in [0, 0.1) is 0 Å². The molecule has 0 saturated heterocycles. The van der Waals surface area contributed by atoms with Crippen LogP contribution in [0.2, 0.25) is 0 Å². The van der Waals surface area contributed by atoms with Crippen LogP contribution in [0.3, 0.4) is 0 Å². The molecule has 0 amide bonds. The smallest absolute Gasteiger partial charge is 0.120 e. The molecule has 0 fully saturated rings. The third-order valence-corrected chi connectivity index (χ3v) is 2.98. The highest BCUT2D eigenvalue weighted by Crippen LogP contribution is 2.25. The van der Waals surface area contributed by atoms with E-state index in [9.17, 15) is 5.11 Å². The molecule has 1 aromatic carbocycles. The van der Waals surface area contributed by atoms with Gasteiger partial charge < -0.3 is 5.11 Å². The van der Waals surface area contributed by atoms with Gasteiger partial charge in [0.1, 0.15) is 5.75 Å². The van der Waals surface area contributed by atoms with Gasteiger partial charge >= 0.3 is 0 Å². The number of phenolic OH excluding ortho intramolecular Hbond substituents is 1. The van der Waals surface area contributed by atoms with Gasteiger partial charge in [-0.25, -0.2) is 0 Å². The monoisotopic (exact) mass is 280 g/mol. The standard InChI is InChI=1S/C8H9IOS/c1-11-7-3-2-6(5-9)8(10)4-7/h2-4,10H,5H2,1H3. The quantitative estimate of drug-likeness (QED) is 0.510. The number of aromatic hydroxyl groups is 1. The van der Waals surface area contributed by atoms with Crippen molar-refractivity contribution < 1.29 is 5.11 Å². The van der Waals surface area contributed by atoms with Crippen molar-refractivity contribution in [1.82, 2.24) is 0 Å². The van der Waals surface area contributed by atoms with E-state index in [0.717, 1.165) is 14.9 Å². The third kappa shape index (κ3) is 2.27. The van der Waals surface area contributed by atoms with Gasteiger partial charge in [-0.3, -0.25) is 0 Å². The molecule has 0 saturated carbocycles. The Hall–Kier alpha value is 0.1000. The zero-order chi connectivity index (χ0) is 8.27. The lowest BCUT2D eigenvalue weighted by molar-refractivity contribution is 0.469. The summed E-state index contributed by atoms with van der Waals surface area (Å²) in [6, 6.07) is 5.80. The summed E-state index contributed by atoms with van der Waals surface area (Å²) in [5, 5.41) is 9.40. The summed E-state index contributed by atoms with van der Waals surface area (Å²) in [5.74, 6) is 0.409. The van der Waals surface area contributed by atoms with Gasteiger partial charge in [0.05, 0.1) is 0 Å². The molecule has 1 N–H and O–H groups in total. The molecule has 11 heavy (non-hydrogen) atoms. The predicted octanol–water partition coefficient (Wildman–Crippen LogP) is 3.05. The fourth-order valence-electron chi connectivity index (χ4n) is 0.784. The maximum atomic E-state index is 9.40.